The van der Waals surface area contributed by atoms with Crippen LogP contribution in [0.1, 0.15) is 21.6 Å². The molecule has 3 heterocycles. The van der Waals surface area contributed by atoms with Gasteiger partial charge in [-0.1, -0.05) is 17.7 Å². The van der Waals surface area contributed by atoms with Crippen molar-refractivity contribution < 1.29 is 14.3 Å². The van der Waals surface area contributed by atoms with E-state index >= 15 is 0 Å². The molecule has 0 spiro atoms. The van der Waals surface area contributed by atoms with Crippen molar-refractivity contribution in [3.63, 3.8) is 0 Å². The number of carbonyl (C=O) groups is 1. The summed E-state index contributed by atoms with van der Waals surface area (Å²) in [4.78, 5) is 22.2. The largest absolute Gasteiger partial charge is 0.497 e. The fourth-order valence-electron chi connectivity index (χ4n) is 3.93. The molecular weight excluding hydrogens is 444 g/mol. The number of amides is 1. The van der Waals surface area contributed by atoms with E-state index in [1.54, 1.807) is 49.8 Å². The highest BCUT2D eigenvalue weighted by Gasteiger charge is 2.21. The van der Waals surface area contributed by atoms with Gasteiger partial charge in [0.15, 0.2) is 11.5 Å². The second kappa shape index (κ2) is 9.30. The van der Waals surface area contributed by atoms with Crippen molar-refractivity contribution in [3.8, 4) is 28.7 Å². The second-order valence-electron chi connectivity index (χ2n) is 7.94. The molecule has 9 nitrogen and oxygen atoms in total. The van der Waals surface area contributed by atoms with Gasteiger partial charge in [-0.25, -0.2) is 9.67 Å². The summed E-state index contributed by atoms with van der Waals surface area (Å²) in [6.45, 7) is 2.28. The third kappa shape index (κ3) is 4.19. The van der Waals surface area contributed by atoms with Crippen LogP contribution in [0.2, 0.25) is 0 Å². The summed E-state index contributed by atoms with van der Waals surface area (Å²) >= 11 is 0. The zero-order valence-corrected chi connectivity index (χ0v) is 19.6. The molecule has 176 valence electrons. The molecule has 3 aromatic heterocycles. The van der Waals surface area contributed by atoms with E-state index in [0.717, 1.165) is 22.5 Å². The minimum Gasteiger partial charge on any atom is -0.497 e. The van der Waals surface area contributed by atoms with Gasteiger partial charge >= 0.3 is 0 Å². The highest BCUT2D eigenvalue weighted by atomic mass is 16.5. The van der Waals surface area contributed by atoms with Crippen molar-refractivity contribution in [2.45, 2.75) is 13.5 Å². The molecule has 0 bridgehead atoms. The maximum atomic E-state index is 13.3. The molecule has 0 atom stereocenters. The molecule has 0 aliphatic rings. The molecule has 1 N–H and O–H groups in total. The Bertz CT molecular complexity index is 1500. The van der Waals surface area contributed by atoms with Crippen LogP contribution in [0, 0.1) is 6.92 Å². The number of nitrogens with one attached hydrogen (secondary N) is 1. The molecule has 0 radical (unpaired) electrons. The van der Waals surface area contributed by atoms with Crippen LogP contribution in [0.15, 0.2) is 73.3 Å². The van der Waals surface area contributed by atoms with Crippen LogP contribution in [-0.4, -0.2) is 44.3 Å². The standard InChI is InChI=1S/C26H24N6O3/c1-17-4-6-19(7-5-17)32-21(10-11-29-32)25-30-24(22-16-27-12-13-31(22)25)26(33)28-15-18-14-20(34-2)8-9-23(18)35-3/h4-14,16H,15H2,1-3H3,(H,28,33). The van der Waals surface area contributed by atoms with Crippen molar-refractivity contribution in [1.29, 1.82) is 0 Å². The Labute approximate surface area is 202 Å². The number of fused-ring (bicyclic) bond motifs is 1. The van der Waals surface area contributed by atoms with Crippen LogP contribution in [0.3, 0.4) is 0 Å². The summed E-state index contributed by atoms with van der Waals surface area (Å²) in [7, 11) is 3.18. The smallest absolute Gasteiger partial charge is 0.272 e. The van der Waals surface area contributed by atoms with E-state index in [4.69, 9.17) is 14.5 Å². The van der Waals surface area contributed by atoms with Crippen LogP contribution < -0.4 is 14.8 Å². The highest BCUT2D eigenvalue weighted by Crippen LogP contribution is 2.26. The predicted octanol–water partition coefficient (Wildman–Crippen LogP) is 3.84. The summed E-state index contributed by atoms with van der Waals surface area (Å²) in [5, 5.41) is 7.43. The van der Waals surface area contributed by atoms with Gasteiger partial charge in [0.25, 0.3) is 5.91 Å². The van der Waals surface area contributed by atoms with Crippen LogP contribution in [0.5, 0.6) is 11.5 Å². The number of nitrogens with zero attached hydrogens (tertiary/aromatic N) is 5. The first-order chi connectivity index (χ1) is 17.1. The van der Waals surface area contributed by atoms with Gasteiger partial charge in [-0.15, -0.1) is 0 Å². The Morgan fingerprint density at radius 3 is 2.63 bits per heavy atom. The summed E-state index contributed by atoms with van der Waals surface area (Å²) in [6.07, 6.45) is 6.79. The van der Waals surface area contributed by atoms with Crippen LogP contribution in [-0.2, 0) is 6.54 Å². The number of hydrogen-bond acceptors (Lipinski definition) is 6. The lowest BCUT2D eigenvalue weighted by Crippen LogP contribution is -2.23. The van der Waals surface area contributed by atoms with E-state index in [1.165, 1.54) is 0 Å². The van der Waals surface area contributed by atoms with Gasteiger partial charge in [0.2, 0.25) is 0 Å². The van der Waals surface area contributed by atoms with Crippen molar-refractivity contribution in [1.82, 2.24) is 29.5 Å². The molecule has 0 saturated carbocycles. The second-order valence-corrected chi connectivity index (χ2v) is 7.94. The number of aryl methyl sites for hydroxylation is 1. The average Bonchev–Trinajstić information content (AvgIpc) is 3.52. The lowest BCUT2D eigenvalue weighted by molar-refractivity contribution is 0.0948. The quantitative estimate of drug-likeness (QED) is 0.390. The molecule has 0 unspecified atom stereocenters. The summed E-state index contributed by atoms with van der Waals surface area (Å²) in [5.74, 6) is 1.60. The van der Waals surface area contributed by atoms with Crippen LogP contribution in [0.25, 0.3) is 22.7 Å². The van der Waals surface area contributed by atoms with Gasteiger partial charge in [0.1, 0.15) is 17.2 Å². The maximum Gasteiger partial charge on any atom is 0.272 e. The highest BCUT2D eigenvalue weighted by molar-refractivity contribution is 5.99. The maximum absolute atomic E-state index is 13.3. The van der Waals surface area contributed by atoms with Crippen molar-refractivity contribution in [2.75, 3.05) is 14.2 Å². The number of imidazole rings is 1. The third-order valence-corrected chi connectivity index (χ3v) is 5.74. The van der Waals surface area contributed by atoms with E-state index < -0.39 is 0 Å². The number of hydrogen-bond donors (Lipinski definition) is 1. The summed E-state index contributed by atoms with van der Waals surface area (Å²) < 4.78 is 14.4. The normalized spacial score (nSPS) is 10.9. The van der Waals surface area contributed by atoms with E-state index in [0.29, 0.717) is 22.8 Å². The van der Waals surface area contributed by atoms with E-state index in [-0.39, 0.29) is 18.1 Å². The average molecular weight is 469 g/mol. The Morgan fingerprint density at radius 1 is 1.03 bits per heavy atom. The van der Waals surface area contributed by atoms with Gasteiger partial charge in [-0.2, -0.15) is 5.10 Å². The molecule has 0 aliphatic heterocycles. The van der Waals surface area contributed by atoms with Crippen molar-refractivity contribution >= 4 is 11.4 Å². The minimum atomic E-state index is -0.326. The molecule has 0 aliphatic carbocycles. The predicted molar refractivity (Wildman–Crippen MR) is 131 cm³/mol. The number of benzene rings is 2. The fraction of sp³-hybridized carbons (Fsp3) is 0.154. The van der Waals surface area contributed by atoms with Crippen LogP contribution in [0.4, 0.5) is 0 Å². The molecule has 1 amide bonds. The first-order valence-electron chi connectivity index (χ1n) is 11.0. The van der Waals surface area contributed by atoms with Gasteiger partial charge in [-0.05, 0) is 43.3 Å². The summed E-state index contributed by atoms with van der Waals surface area (Å²) in [6, 6.07) is 15.4. The fourth-order valence-corrected chi connectivity index (χ4v) is 3.93. The molecule has 9 heteroatoms. The molecule has 5 aromatic rings. The number of carbonyl (C=O) groups excluding carboxylic acids is 1. The molecule has 0 saturated heterocycles. The lowest BCUT2D eigenvalue weighted by atomic mass is 10.2. The zero-order valence-electron chi connectivity index (χ0n) is 19.6. The number of ether oxygens (including phenoxy) is 2. The van der Waals surface area contributed by atoms with Gasteiger partial charge < -0.3 is 14.8 Å². The number of methoxy groups -OCH3 is 2. The van der Waals surface area contributed by atoms with E-state index in [2.05, 4.69) is 15.4 Å². The van der Waals surface area contributed by atoms with Gasteiger partial charge in [0.05, 0.1) is 37.8 Å². The molecule has 35 heavy (non-hydrogen) atoms. The van der Waals surface area contributed by atoms with Gasteiger partial charge in [0, 0.05) is 24.5 Å². The Balaban J connectivity index is 1.50. The Kier molecular flexibility index (Phi) is 5.88. The lowest BCUT2D eigenvalue weighted by Gasteiger charge is -2.11. The van der Waals surface area contributed by atoms with E-state index in [9.17, 15) is 4.79 Å². The Morgan fingerprint density at radius 2 is 1.86 bits per heavy atom. The SMILES string of the molecule is COc1ccc(OC)c(CNC(=O)c2nc(-c3ccnn3-c3ccc(C)cc3)n3ccncc23)c1. The van der Waals surface area contributed by atoms with Crippen LogP contribution >= 0.6 is 0 Å². The zero-order chi connectivity index (χ0) is 24.4. The molecule has 0 fully saturated rings. The van der Waals surface area contributed by atoms with Crippen molar-refractivity contribution in [2.24, 2.45) is 0 Å². The van der Waals surface area contributed by atoms with E-state index in [1.807, 2.05) is 53.8 Å². The third-order valence-electron chi connectivity index (χ3n) is 5.74. The first kappa shape index (κ1) is 22.1. The number of rotatable bonds is 7. The first-order valence-corrected chi connectivity index (χ1v) is 11.0. The van der Waals surface area contributed by atoms with Crippen molar-refractivity contribution in [3.05, 3.63) is 90.1 Å². The topological polar surface area (TPSA) is 95.6 Å². The molecule has 5 rings (SSSR count). The summed E-state index contributed by atoms with van der Waals surface area (Å²) in [5.41, 5.74) is 4.47. The monoisotopic (exact) mass is 468 g/mol. The Hall–Kier alpha value is -4.66. The number of aromatic nitrogens is 5. The molecular formula is C26H24N6O3. The minimum absolute atomic E-state index is 0.245. The van der Waals surface area contributed by atoms with Gasteiger partial charge in [-0.3, -0.25) is 14.2 Å². The molecule has 2 aromatic carbocycles.